The Balaban J connectivity index is 0.000000293. The molecule has 0 aliphatic carbocycles. The van der Waals surface area contributed by atoms with E-state index in [1.54, 1.807) is 20.8 Å². The number of hydrogen-bond acceptors (Lipinski definition) is 7. The van der Waals surface area contributed by atoms with Gasteiger partial charge < -0.3 is 30.5 Å². The van der Waals surface area contributed by atoms with Crippen LogP contribution in [0, 0.1) is 0 Å². The van der Waals surface area contributed by atoms with E-state index in [-0.39, 0.29) is 13.0 Å². The van der Waals surface area contributed by atoms with E-state index in [0.717, 1.165) is 4.90 Å². The van der Waals surface area contributed by atoms with Gasteiger partial charge in [-0.3, -0.25) is 9.69 Å². The van der Waals surface area contributed by atoms with E-state index < -0.39 is 47.9 Å². The molecule has 10 nitrogen and oxygen atoms in total. The Bertz CT molecular complexity index is 504. The number of aliphatic hydroxyl groups is 2. The van der Waals surface area contributed by atoms with E-state index >= 15 is 0 Å². The molecule has 0 radical (unpaired) electrons. The zero-order valence-corrected chi connectivity index (χ0v) is 14.5. The largest absolute Gasteiger partial charge is 0.480 e. The van der Waals surface area contributed by atoms with Crippen molar-refractivity contribution in [2.24, 2.45) is 0 Å². The molecule has 2 rings (SSSR count). The first kappa shape index (κ1) is 21.1. The van der Waals surface area contributed by atoms with Crippen molar-refractivity contribution in [2.45, 2.75) is 63.5 Å². The number of aliphatic carboxylic acids is 2. The van der Waals surface area contributed by atoms with Crippen LogP contribution in [0.25, 0.3) is 0 Å². The van der Waals surface area contributed by atoms with Crippen LogP contribution in [0.3, 0.4) is 0 Å². The van der Waals surface area contributed by atoms with Crippen LogP contribution in [0.4, 0.5) is 4.79 Å². The van der Waals surface area contributed by atoms with E-state index in [2.05, 4.69) is 5.32 Å². The molecule has 144 valence electrons. The van der Waals surface area contributed by atoms with Gasteiger partial charge in [-0.05, 0) is 40.2 Å². The molecule has 2 aliphatic rings. The van der Waals surface area contributed by atoms with Crippen molar-refractivity contribution in [1.29, 1.82) is 0 Å². The van der Waals surface area contributed by atoms with Gasteiger partial charge in [0.15, 0.2) is 6.04 Å². The van der Waals surface area contributed by atoms with Gasteiger partial charge in [-0.15, -0.1) is 0 Å². The summed E-state index contributed by atoms with van der Waals surface area (Å²) in [5.74, 6) is -2.18. The first-order valence-corrected chi connectivity index (χ1v) is 7.99. The average molecular weight is 362 g/mol. The number of ether oxygens (including phenoxy) is 1. The minimum atomic E-state index is -1.21. The smallest absolute Gasteiger partial charge is 0.411 e. The Morgan fingerprint density at radius 2 is 1.64 bits per heavy atom. The highest BCUT2D eigenvalue weighted by Gasteiger charge is 2.42. The van der Waals surface area contributed by atoms with Crippen LogP contribution in [0.2, 0.25) is 0 Å². The molecule has 4 atom stereocenters. The first-order chi connectivity index (χ1) is 11.4. The number of carboxylic acid groups (broad SMARTS) is 2. The second kappa shape index (κ2) is 8.45. The Kier molecular flexibility index (Phi) is 7.15. The molecule has 0 spiro atoms. The highest BCUT2D eigenvalue weighted by Crippen LogP contribution is 2.21. The number of rotatable bonds is 2. The summed E-state index contributed by atoms with van der Waals surface area (Å²) in [6, 6.07) is -1.94. The van der Waals surface area contributed by atoms with Crippen molar-refractivity contribution in [3.63, 3.8) is 0 Å². The zero-order chi connectivity index (χ0) is 19.4. The molecule has 2 saturated heterocycles. The van der Waals surface area contributed by atoms with Gasteiger partial charge in [0.1, 0.15) is 11.6 Å². The number of likely N-dealkylation sites (tertiary alicyclic amines) is 1. The van der Waals surface area contributed by atoms with Crippen LogP contribution in [-0.4, -0.2) is 86.3 Å². The third-order valence-electron chi connectivity index (χ3n) is 3.70. The molecule has 5 N–H and O–H groups in total. The second-order valence-electron chi connectivity index (χ2n) is 6.94. The molecule has 0 aromatic rings. The fourth-order valence-electron chi connectivity index (χ4n) is 2.54. The summed E-state index contributed by atoms with van der Waals surface area (Å²) in [6.07, 6.45) is -1.63. The van der Waals surface area contributed by atoms with Gasteiger partial charge in [-0.1, -0.05) is 0 Å². The number of hydrogen-bond donors (Lipinski definition) is 5. The molecule has 1 amide bonds. The summed E-state index contributed by atoms with van der Waals surface area (Å²) < 4.78 is 5.06. The van der Waals surface area contributed by atoms with Gasteiger partial charge in [0, 0.05) is 6.54 Å². The Labute approximate surface area is 145 Å². The third kappa shape index (κ3) is 6.15. The second-order valence-corrected chi connectivity index (χ2v) is 6.94. The van der Waals surface area contributed by atoms with Gasteiger partial charge in [-0.2, -0.15) is 0 Å². The predicted octanol–water partition coefficient (Wildman–Crippen LogP) is -0.765. The van der Waals surface area contributed by atoms with Crippen molar-refractivity contribution in [3.8, 4) is 0 Å². The van der Waals surface area contributed by atoms with Gasteiger partial charge in [0.05, 0.1) is 12.2 Å². The number of carboxylic acids is 2. The van der Waals surface area contributed by atoms with Crippen molar-refractivity contribution in [2.75, 3.05) is 13.1 Å². The van der Waals surface area contributed by atoms with Gasteiger partial charge in [0.25, 0.3) is 0 Å². The Morgan fingerprint density at radius 1 is 1.04 bits per heavy atom. The molecule has 25 heavy (non-hydrogen) atoms. The Hall–Kier alpha value is -1.91. The molecular formula is C15H26N2O8. The van der Waals surface area contributed by atoms with E-state index in [1.807, 2.05) is 0 Å². The summed E-state index contributed by atoms with van der Waals surface area (Å²) in [7, 11) is 0. The lowest BCUT2D eigenvalue weighted by Crippen LogP contribution is -2.46. The van der Waals surface area contributed by atoms with Gasteiger partial charge in [-0.25, -0.2) is 9.59 Å². The predicted molar refractivity (Wildman–Crippen MR) is 85.0 cm³/mol. The van der Waals surface area contributed by atoms with Crippen LogP contribution in [0.1, 0.15) is 33.6 Å². The molecule has 2 heterocycles. The van der Waals surface area contributed by atoms with E-state index in [0.29, 0.717) is 13.0 Å². The molecule has 2 unspecified atom stereocenters. The lowest BCUT2D eigenvalue weighted by Gasteiger charge is -2.27. The number of carbonyl (C=O) groups excluding carboxylic acids is 1. The van der Waals surface area contributed by atoms with Crippen LogP contribution in [0.15, 0.2) is 0 Å². The van der Waals surface area contributed by atoms with Crippen molar-refractivity contribution in [1.82, 2.24) is 10.2 Å². The van der Waals surface area contributed by atoms with E-state index in [9.17, 15) is 19.5 Å². The molecule has 0 aromatic carbocycles. The van der Waals surface area contributed by atoms with Crippen LogP contribution in [-0.2, 0) is 14.3 Å². The van der Waals surface area contributed by atoms with E-state index in [4.69, 9.17) is 20.1 Å². The lowest BCUT2D eigenvalue weighted by atomic mass is 10.2. The molecule has 0 aromatic heterocycles. The molecule has 2 aliphatic heterocycles. The minimum Gasteiger partial charge on any atom is -0.480 e. The zero-order valence-electron chi connectivity index (χ0n) is 14.5. The van der Waals surface area contributed by atoms with Crippen LogP contribution in [0.5, 0.6) is 0 Å². The van der Waals surface area contributed by atoms with Crippen LogP contribution < -0.4 is 5.32 Å². The van der Waals surface area contributed by atoms with Gasteiger partial charge in [0.2, 0.25) is 0 Å². The SMILES string of the molecule is CC(C)(C)OC(=O)N1CC[C@H](O)[C@H]1C(=O)O.O=C(O)C1NCCC1O. The monoisotopic (exact) mass is 362 g/mol. The quantitative estimate of drug-likeness (QED) is 0.426. The average Bonchev–Trinajstić information content (AvgIpc) is 3.03. The minimum absolute atomic E-state index is 0.201. The molecule has 2 fully saturated rings. The number of amides is 1. The topological polar surface area (TPSA) is 157 Å². The van der Waals surface area contributed by atoms with Gasteiger partial charge >= 0.3 is 18.0 Å². The van der Waals surface area contributed by atoms with Crippen molar-refractivity contribution in [3.05, 3.63) is 0 Å². The number of nitrogens with one attached hydrogen (secondary N) is 1. The summed E-state index contributed by atoms with van der Waals surface area (Å²) in [5.41, 5.74) is -0.673. The fraction of sp³-hybridized carbons (Fsp3) is 0.800. The highest BCUT2D eigenvalue weighted by atomic mass is 16.6. The fourth-order valence-corrected chi connectivity index (χ4v) is 2.54. The lowest BCUT2D eigenvalue weighted by molar-refractivity contribution is -0.145. The Morgan fingerprint density at radius 3 is 2.00 bits per heavy atom. The summed E-state index contributed by atoms with van der Waals surface area (Å²) in [5, 5.41) is 38.3. The molecule has 10 heteroatoms. The number of nitrogens with zero attached hydrogens (tertiary/aromatic N) is 1. The maximum atomic E-state index is 11.7. The third-order valence-corrected chi connectivity index (χ3v) is 3.70. The van der Waals surface area contributed by atoms with Crippen molar-refractivity contribution < 1.29 is 39.5 Å². The summed E-state index contributed by atoms with van der Waals surface area (Å²) in [4.78, 5) is 33.8. The van der Waals surface area contributed by atoms with Crippen LogP contribution >= 0.6 is 0 Å². The van der Waals surface area contributed by atoms with E-state index in [1.165, 1.54) is 0 Å². The molecule has 0 bridgehead atoms. The normalized spacial score (nSPS) is 28.9. The number of carbonyl (C=O) groups is 3. The van der Waals surface area contributed by atoms with Crippen molar-refractivity contribution >= 4 is 18.0 Å². The maximum Gasteiger partial charge on any atom is 0.411 e. The highest BCUT2D eigenvalue weighted by molar-refractivity contribution is 5.81. The first-order valence-electron chi connectivity index (χ1n) is 7.99. The molecule has 0 saturated carbocycles. The summed E-state index contributed by atoms with van der Waals surface area (Å²) in [6.45, 7) is 5.90. The maximum absolute atomic E-state index is 11.7. The standard InChI is InChI=1S/C10H17NO5.C5H9NO3/c1-10(2,3)16-9(15)11-5-4-6(12)7(11)8(13)14;7-3-1-2-6-4(3)5(8)9/h6-7,12H,4-5H2,1-3H3,(H,13,14);3-4,6-7H,1-2H2,(H,8,9)/t6-,7-;/m0./s1. The number of aliphatic hydroxyl groups excluding tert-OH is 2. The molecular weight excluding hydrogens is 336 g/mol. The summed E-state index contributed by atoms with van der Waals surface area (Å²) >= 11 is 0.